The zero-order valence-electron chi connectivity index (χ0n) is 16.9. The molecule has 152 valence electrons. The van der Waals surface area contributed by atoms with E-state index >= 15 is 0 Å². The number of nitrogens with zero attached hydrogens (tertiary/aromatic N) is 1. The lowest BCUT2D eigenvalue weighted by molar-refractivity contribution is 0.102. The third-order valence-electron chi connectivity index (χ3n) is 4.88. The number of benzene rings is 3. The smallest absolute Gasteiger partial charge is 0.259 e. The van der Waals surface area contributed by atoms with Gasteiger partial charge in [0.1, 0.15) is 11.3 Å². The molecule has 0 bridgehead atoms. The van der Waals surface area contributed by atoms with Crippen molar-refractivity contribution in [1.82, 2.24) is 4.98 Å². The third-order valence-corrected chi connectivity index (χ3v) is 5.11. The minimum atomic E-state index is -0.318. The lowest BCUT2D eigenvalue weighted by Crippen LogP contribution is -2.13. The Kier molecular flexibility index (Phi) is 5.46. The van der Waals surface area contributed by atoms with Gasteiger partial charge < -0.3 is 14.5 Å². The molecule has 1 N–H and O–H groups in total. The molecule has 0 aliphatic rings. The number of nitrogens with one attached hydrogen (secondary N) is 1. The van der Waals surface area contributed by atoms with Gasteiger partial charge in [0.2, 0.25) is 5.89 Å². The standard InChI is InChI=1S/C24H21ClN2O3/c1-14(2)15-4-6-16(7-5-15)24-27-20-13-18(9-11-22(20)30-24)26-23(28)19-12-17(25)8-10-21(19)29-3/h4-14H,1-3H3,(H,26,28). The van der Waals surface area contributed by atoms with Gasteiger partial charge in [0, 0.05) is 16.3 Å². The summed E-state index contributed by atoms with van der Waals surface area (Å²) in [5.41, 5.74) is 4.44. The molecule has 0 fully saturated rings. The van der Waals surface area contributed by atoms with Gasteiger partial charge in [-0.2, -0.15) is 0 Å². The number of hydrogen-bond donors (Lipinski definition) is 1. The van der Waals surface area contributed by atoms with Gasteiger partial charge in [-0.3, -0.25) is 4.79 Å². The summed E-state index contributed by atoms with van der Waals surface area (Å²) < 4.78 is 11.1. The summed E-state index contributed by atoms with van der Waals surface area (Å²) in [6.45, 7) is 4.31. The fourth-order valence-electron chi connectivity index (χ4n) is 3.20. The van der Waals surface area contributed by atoms with Crippen molar-refractivity contribution in [2.75, 3.05) is 12.4 Å². The molecule has 30 heavy (non-hydrogen) atoms. The van der Waals surface area contributed by atoms with Crippen molar-refractivity contribution < 1.29 is 13.9 Å². The van der Waals surface area contributed by atoms with Crippen LogP contribution in [-0.2, 0) is 0 Å². The van der Waals surface area contributed by atoms with Crippen LogP contribution in [0.2, 0.25) is 5.02 Å². The number of anilines is 1. The van der Waals surface area contributed by atoms with Gasteiger partial charge >= 0.3 is 0 Å². The lowest BCUT2D eigenvalue weighted by Gasteiger charge is -2.09. The molecule has 4 aromatic rings. The molecule has 0 unspecified atom stereocenters. The molecule has 0 aliphatic heterocycles. The van der Waals surface area contributed by atoms with E-state index in [1.807, 2.05) is 12.1 Å². The maximum Gasteiger partial charge on any atom is 0.259 e. The first-order chi connectivity index (χ1) is 14.4. The Bertz CT molecular complexity index is 1210. The second-order valence-corrected chi connectivity index (χ2v) is 7.71. The maximum atomic E-state index is 12.7. The van der Waals surface area contributed by atoms with E-state index in [9.17, 15) is 4.79 Å². The molecule has 0 saturated carbocycles. The van der Waals surface area contributed by atoms with E-state index in [-0.39, 0.29) is 5.91 Å². The number of carbonyl (C=O) groups is 1. The summed E-state index contributed by atoms with van der Waals surface area (Å²) >= 11 is 6.03. The first kappa shape index (κ1) is 20.0. The summed E-state index contributed by atoms with van der Waals surface area (Å²) in [6, 6.07) is 18.4. The van der Waals surface area contributed by atoms with Crippen molar-refractivity contribution in [2.45, 2.75) is 19.8 Å². The number of ether oxygens (including phenoxy) is 1. The van der Waals surface area contributed by atoms with E-state index in [1.54, 1.807) is 36.4 Å². The molecule has 4 rings (SSSR count). The molecule has 0 spiro atoms. The van der Waals surface area contributed by atoms with Gasteiger partial charge in [0.15, 0.2) is 5.58 Å². The van der Waals surface area contributed by atoms with Crippen molar-refractivity contribution in [2.24, 2.45) is 0 Å². The molecule has 6 heteroatoms. The van der Waals surface area contributed by atoms with Gasteiger partial charge in [0.25, 0.3) is 5.91 Å². The largest absolute Gasteiger partial charge is 0.496 e. The van der Waals surface area contributed by atoms with E-state index in [0.29, 0.717) is 44.9 Å². The van der Waals surface area contributed by atoms with E-state index < -0.39 is 0 Å². The van der Waals surface area contributed by atoms with Crippen LogP contribution >= 0.6 is 11.6 Å². The molecule has 5 nitrogen and oxygen atoms in total. The third kappa shape index (κ3) is 4.02. The number of halogens is 1. The number of hydrogen-bond acceptors (Lipinski definition) is 4. The Balaban J connectivity index is 1.60. The van der Waals surface area contributed by atoms with Crippen LogP contribution in [0.5, 0.6) is 5.75 Å². The number of carbonyl (C=O) groups excluding carboxylic acids is 1. The Morgan fingerprint density at radius 1 is 1.07 bits per heavy atom. The number of methoxy groups -OCH3 is 1. The van der Waals surface area contributed by atoms with Gasteiger partial charge in [-0.15, -0.1) is 0 Å². The lowest BCUT2D eigenvalue weighted by atomic mass is 10.0. The molecule has 1 aromatic heterocycles. The first-order valence-corrected chi connectivity index (χ1v) is 9.98. The fraction of sp³-hybridized carbons (Fsp3) is 0.167. The molecule has 3 aromatic carbocycles. The summed E-state index contributed by atoms with van der Waals surface area (Å²) in [6.07, 6.45) is 0. The molecule has 1 heterocycles. The average Bonchev–Trinajstić information content (AvgIpc) is 3.17. The SMILES string of the molecule is COc1ccc(Cl)cc1C(=O)Nc1ccc2oc(-c3ccc(C(C)C)cc3)nc2c1. The number of oxazole rings is 1. The predicted octanol–water partition coefficient (Wildman–Crippen LogP) is 6.53. The Morgan fingerprint density at radius 3 is 2.53 bits per heavy atom. The van der Waals surface area contributed by atoms with Gasteiger partial charge in [-0.1, -0.05) is 37.6 Å². The van der Waals surface area contributed by atoms with E-state index in [0.717, 1.165) is 5.56 Å². The summed E-state index contributed by atoms with van der Waals surface area (Å²) in [5.74, 6) is 1.14. The van der Waals surface area contributed by atoms with E-state index in [4.69, 9.17) is 20.8 Å². The Morgan fingerprint density at radius 2 is 1.83 bits per heavy atom. The monoisotopic (exact) mass is 420 g/mol. The molecule has 0 saturated heterocycles. The fourth-order valence-corrected chi connectivity index (χ4v) is 3.37. The summed E-state index contributed by atoms with van der Waals surface area (Å²) in [7, 11) is 1.51. The minimum absolute atomic E-state index is 0.318. The van der Waals surface area contributed by atoms with E-state index in [1.165, 1.54) is 12.7 Å². The average molecular weight is 421 g/mol. The highest BCUT2D eigenvalue weighted by Crippen LogP contribution is 2.28. The quantitative estimate of drug-likeness (QED) is 0.398. The van der Waals surface area contributed by atoms with Crippen LogP contribution in [0.1, 0.15) is 35.7 Å². The molecule has 1 amide bonds. The first-order valence-electron chi connectivity index (χ1n) is 9.60. The Labute approximate surface area is 179 Å². The van der Waals surface area contributed by atoms with Crippen LogP contribution in [0.4, 0.5) is 5.69 Å². The normalized spacial score (nSPS) is 11.1. The zero-order chi connectivity index (χ0) is 21.3. The van der Waals surface area contributed by atoms with E-state index in [2.05, 4.69) is 36.3 Å². The van der Waals surface area contributed by atoms with Crippen molar-refractivity contribution in [3.63, 3.8) is 0 Å². The minimum Gasteiger partial charge on any atom is -0.496 e. The molecule has 0 radical (unpaired) electrons. The van der Waals surface area contributed by atoms with Crippen molar-refractivity contribution in [1.29, 1.82) is 0 Å². The van der Waals surface area contributed by atoms with Crippen LogP contribution < -0.4 is 10.1 Å². The highest BCUT2D eigenvalue weighted by atomic mass is 35.5. The Hall–Kier alpha value is -3.31. The number of amides is 1. The van der Waals surface area contributed by atoms with Crippen molar-refractivity contribution in [3.8, 4) is 17.2 Å². The van der Waals surface area contributed by atoms with Crippen molar-refractivity contribution in [3.05, 3.63) is 76.8 Å². The maximum absolute atomic E-state index is 12.7. The molecular formula is C24H21ClN2O3. The molecule has 0 aliphatic carbocycles. The van der Waals surface area contributed by atoms with Crippen LogP contribution in [0.3, 0.4) is 0 Å². The second-order valence-electron chi connectivity index (χ2n) is 7.28. The van der Waals surface area contributed by atoms with Gasteiger partial charge in [-0.25, -0.2) is 4.98 Å². The molecule has 0 atom stereocenters. The van der Waals surface area contributed by atoms with Crippen LogP contribution in [0.15, 0.2) is 65.1 Å². The highest BCUT2D eigenvalue weighted by molar-refractivity contribution is 6.31. The van der Waals surface area contributed by atoms with Crippen LogP contribution in [-0.4, -0.2) is 18.0 Å². The van der Waals surface area contributed by atoms with Crippen LogP contribution in [0.25, 0.3) is 22.6 Å². The van der Waals surface area contributed by atoms with Crippen LogP contribution in [0, 0.1) is 0 Å². The zero-order valence-corrected chi connectivity index (χ0v) is 17.7. The van der Waals surface area contributed by atoms with Crippen molar-refractivity contribution >= 4 is 34.3 Å². The molecular weight excluding hydrogens is 400 g/mol. The topological polar surface area (TPSA) is 64.4 Å². The highest BCUT2D eigenvalue weighted by Gasteiger charge is 2.15. The van der Waals surface area contributed by atoms with Gasteiger partial charge in [0.05, 0.1) is 12.7 Å². The predicted molar refractivity (Wildman–Crippen MR) is 119 cm³/mol. The summed E-state index contributed by atoms with van der Waals surface area (Å²) in [4.78, 5) is 17.3. The number of rotatable bonds is 5. The number of aromatic nitrogens is 1. The summed E-state index contributed by atoms with van der Waals surface area (Å²) in [5, 5.41) is 3.32. The second kappa shape index (κ2) is 8.20. The number of fused-ring (bicyclic) bond motifs is 1. The van der Waals surface area contributed by atoms with Gasteiger partial charge in [-0.05, 0) is 60.0 Å².